The van der Waals surface area contributed by atoms with Crippen molar-refractivity contribution in [3.63, 3.8) is 0 Å². The fourth-order valence-electron chi connectivity index (χ4n) is 2.54. The standard InChI is InChI=1S/C19H35NO3/c1-2-3-4-5-6-7-8-9-10-11-12-13-14-15-16-17-18(21)20-19(22)23/h9-10H,2-8,11-17H2,1H3,(H,20,21)(H,22,23). The third-order valence-corrected chi connectivity index (χ3v) is 3.91. The monoisotopic (exact) mass is 325 g/mol. The first-order chi connectivity index (χ1) is 11.2. The number of carbonyl (C=O) groups is 2. The summed E-state index contributed by atoms with van der Waals surface area (Å²) < 4.78 is 0. The Labute approximate surface area is 141 Å². The smallest absolute Gasteiger partial charge is 0.411 e. The maximum absolute atomic E-state index is 11.1. The average Bonchev–Trinajstić information content (AvgIpc) is 2.50. The van der Waals surface area contributed by atoms with Gasteiger partial charge in [0.05, 0.1) is 0 Å². The summed E-state index contributed by atoms with van der Waals surface area (Å²) in [7, 11) is 0. The second-order valence-corrected chi connectivity index (χ2v) is 6.19. The molecule has 2 N–H and O–H groups in total. The highest BCUT2D eigenvalue weighted by Crippen LogP contribution is 2.09. The molecule has 0 unspecified atom stereocenters. The van der Waals surface area contributed by atoms with Gasteiger partial charge >= 0.3 is 6.09 Å². The van der Waals surface area contributed by atoms with Crippen LogP contribution < -0.4 is 5.32 Å². The molecule has 2 amide bonds. The zero-order valence-corrected chi connectivity index (χ0v) is 14.8. The van der Waals surface area contributed by atoms with E-state index < -0.39 is 12.0 Å². The van der Waals surface area contributed by atoms with Crippen LogP contribution in [0.4, 0.5) is 4.79 Å². The van der Waals surface area contributed by atoms with Gasteiger partial charge in [-0.05, 0) is 32.1 Å². The Hall–Kier alpha value is -1.32. The molecule has 0 heterocycles. The van der Waals surface area contributed by atoms with Gasteiger partial charge in [0.1, 0.15) is 0 Å². The fraction of sp³-hybridized carbons (Fsp3) is 0.789. The Balaban J connectivity index is 3.19. The van der Waals surface area contributed by atoms with Crippen molar-refractivity contribution in [2.75, 3.05) is 0 Å². The number of nitrogens with one attached hydrogen (secondary N) is 1. The molecule has 4 heteroatoms. The number of unbranched alkanes of at least 4 members (excludes halogenated alkanes) is 11. The van der Waals surface area contributed by atoms with E-state index >= 15 is 0 Å². The summed E-state index contributed by atoms with van der Waals surface area (Å²) in [4.78, 5) is 21.3. The maximum Gasteiger partial charge on any atom is 0.411 e. The Bertz CT molecular complexity index is 327. The van der Waals surface area contributed by atoms with Crippen LogP contribution in [-0.2, 0) is 4.79 Å². The number of allylic oxidation sites excluding steroid dienone is 2. The molecular weight excluding hydrogens is 290 g/mol. The van der Waals surface area contributed by atoms with Gasteiger partial charge in [0.25, 0.3) is 0 Å². The van der Waals surface area contributed by atoms with E-state index in [9.17, 15) is 9.59 Å². The molecule has 0 fully saturated rings. The molecule has 0 radical (unpaired) electrons. The van der Waals surface area contributed by atoms with Crippen molar-refractivity contribution < 1.29 is 14.7 Å². The molecule has 0 aliphatic rings. The van der Waals surface area contributed by atoms with E-state index in [1.807, 2.05) is 5.32 Å². The molecular formula is C19H35NO3. The number of hydrogen-bond acceptors (Lipinski definition) is 2. The molecule has 0 saturated carbocycles. The predicted molar refractivity (Wildman–Crippen MR) is 95.6 cm³/mol. The Morgan fingerprint density at radius 1 is 0.783 bits per heavy atom. The van der Waals surface area contributed by atoms with Crippen molar-refractivity contribution in [2.45, 2.75) is 96.8 Å². The van der Waals surface area contributed by atoms with Crippen LogP contribution in [0, 0.1) is 0 Å². The Kier molecular flexibility index (Phi) is 16.1. The molecule has 0 aromatic heterocycles. The lowest BCUT2D eigenvalue weighted by atomic mass is 10.1. The molecule has 0 aromatic carbocycles. The highest BCUT2D eigenvalue weighted by molar-refractivity contribution is 5.90. The van der Waals surface area contributed by atoms with Crippen molar-refractivity contribution in [3.05, 3.63) is 12.2 Å². The minimum atomic E-state index is -1.26. The summed E-state index contributed by atoms with van der Waals surface area (Å²) in [5, 5.41) is 10.2. The van der Waals surface area contributed by atoms with Gasteiger partial charge in [0, 0.05) is 6.42 Å². The normalized spacial score (nSPS) is 11.0. The number of hydrogen-bond donors (Lipinski definition) is 2. The van der Waals surface area contributed by atoms with E-state index in [0.29, 0.717) is 6.42 Å². The van der Waals surface area contributed by atoms with Crippen LogP contribution in [0.5, 0.6) is 0 Å². The third-order valence-electron chi connectivity index (χ3n) is 3.91. The van der Waals surface area contributed by atoms with E-state index in [4.69, 9.17) is 5.11 Å². The zero-order valence-electron chi connectivity index (χ0n) is 14.8. The molecule has 0 saturated heterocycles. The highest BCUT2D eigenvalue weighted by atomic mass is 16.4. The van der Waals surface area contributed by atoms with Gasteiger partial charge in [-0.25, -0.2) is 4.79 Å². The fourth-order valence-corrected chi connectivity index (χ4v) is 2.54. The van der Waals surface area contributed by atoms with Crippen LogP contribution in [0.2, 0.25) is 0 Å². The van der Waals surface area contributed by atoms with E-state index in [1.54, 1.807) is 0 Å². The van der Waals surface area contributed by atoms with Gasteiger partial charge in [-0.1, -0.05) is 70.4 Å². The van der Waals surface area contributed by atoms with Crippen LogP contribution in [0.15, 0.2) is 12.2 Å². The first-order valence-corrected chi connectivity index (χ1v) is 9.34. The lowest BCUT2D eigenvalue weighted by molar-refractivity contribution is -0.120. The molecule has 4 nitrogen and oxygen atoms in total. The number of rotatable bonds is 15. The van der Waals surface area contributed by atoms with Crippen molar-refractivity contribution >= 4 is 12.0 Å². The van der Waals surface area contributed by atoms with Gasteiger partial charge < -0.3 is 5.11 Å². The second kappa shape index (κ2) is 17.0. The lowest BCUT2D eigenvalue weighted by Gasteiger charge is -2.01. The van der Waals surface area contributed by atoms with Gasteiger partial charge in [0.2, 0.25) is 5.91 Å². The zero-order chi connectivity index (χ0) is 17.2. The molecule has 0 atom stereocenters. The van der Waals surface area contributed by atoms with Gasteiger partial charge in [0.15, 0.2) is 0 Å². The van der Waals surface area contributed by atoms with Crippen molar-refractivity contribution in [1.29, 1.82) is 0 Å². The minimum Gasteiger partial charge on any atom is -0.465 e. The second-order valence-electron chi connectivity index (χ2n) is 6.19. The van der Waals surface area contributed by atoms with Crippen LogP contribution >= 0.6 is 0 Å². The number of imide groups is 1. The summed E-state index contributed by atoms with van der Waals surface area (Å²) in [6.45, 7) is 2.25. The lowest BCUT2D eigenvalue weighted by Crippen LogP contribution is -2.28. The molecule has 0 aliphatic heterocycles. The number of carboxylic acid groups (broad SMARTS) is 1. The summed E-state index contributed by atoms with van der Waals surface area (Å²) in [5.41, 5.74) is 0. The minimum absolute atomic E-state index is 0.310. The van der Waals surface area contributed by atoms with Crippen molar-refractivity contribution in [3.8, 4) is 0 Å². The van der Waals surface area contributed by atoms with E-state index in [1.165, 1.54) is 57.8 Å². The summed E-state index contributed by atoms with van der Waals surface area (Å²) in [5.74, 6) is -0.393. The Morgan fingerprint density at radius 3 is 1.78 bits per heavy atom. The topological polar surface area (TPSA) is 66.4 Å². The molecule has 0 aliphatic carbocycles. The predicted octanol–water partition coefficient (Wildman–Crippen LogP) is 5.82. The SMILES string of the molecule is CCCCCCCCC=CCCCCCCCC(=O)NC(=O)O. The third kappa shape index (κ3) is 18.6. The van der Waals surface area contributed by atoms with Crippen LogP contribution in [-0.4, -0.2) is 17.1 Å². The van der Waals surface area contributed by atoms with Crippen LogP contribution in [0.1, 0.15) is 96.8 Å². The summed E-state index contributed by atoms with van der Waals surface area (Å²) in [6, 6.07) is 0. The first kappa shape index (κ1) is 21.7. The first-order valence-electron chi connectivity index (χ1n) is 9.34. The quantitative estimate of drug-likeness (QED) is 0.294. The molecule has 0 rings (SSSR count). The van der Waals surface area contributed by atoms with Crippen molar-refractivity contribution in [2.24, 2.45) is 0 Å². The van der Waals surface area contributed by atoms with Gasteiger partial charge in [-0.3, -0.25) is 10.1 Å². The van der Waals surface area contributed by atoms with Crippen molar-refractivity contribution in [1.82, 2.24) is 5.32 Å². The van der Waals surface area contributed by atoms with E-state index in [2.05, 4.69) is 19.1 Å². The van der Waals surface area contributed by atoms with Gasteiger partial charge in [-0.2, -0.15) is 0 Å². The van der Waals surface area contributed by atoms with E-state index in [0.717, 1.165) is 25.7 Å². The molecule has 0 spiro atoms. The number of amides is 2. The van der Waals surface area contributed by atoms with Crippen LogP contribution in [0.3, 0.4) is 0 Å². The Morgan fingerprint density at radius 2 is 1.26 bits per heavy atom. The molecule has 0 aromatic rings. The summed E-state index contributed by atoms with van der Waals surface area (Å²) in [6.07, 6.45) is 19.4. The van der Waals surface area contributed by atoms with Crippen LogP contribution in [0.25, 0.3) is 0 Å². The largest absolute Gasteiger partial charge is 0.465 e. The molecule has 0 bridgehead atoms. The van der Waals surface area contributed by atoms with E-state index in [-0.39, 0.29) is 0 Å². The number of carbonyl (C=O) groups excluding carboxylic acids is 1. The highest BCUT2D eigenvalue weighted by Gasteiger charge is 2.04. The van der Waals surface area contributed by atoms with Gasteiger partial charge in [-0.15, -0.1) is 0 Å². The summed E-state index contributed by atoms with van der Waals surface area (Å²) >= 11 is 0. The maximum atomic E-state index is 11.1. The average molecular weight is 325 g/mol. The molecule has 134 valence electrons. The molecule has 23 heavy (non-hydrogen) atoms.